The maximum absolute atomic E-state index is 12.2. The molecule has 0 saturated carbocycles. The van der Waals surface area contributed by atoms with Crippen LogP contribution in [-0.2, 0) is 0 Å². The molecule has 6 nitrogen and oxygen atoms in total. The number of rotatable bonds is 4. The average Bonchev–Trinajstić information content (AvgIpc) is 2.61. The number of nitrogens with two attached hydrogens (primary N) is 2. The SMILES string of the molecule is CN(C)C(=O)c1sc(NCC(F)(F)F)c(C(N)=O)c1N. The van der Waals surface area contributed by atoms with Crippen molar-refractivity contribution in [2.45, 2.75) is 6.18 Å². The van der Waals surface area contributed by atoms with Crippen LogP contribution in [0.5, 0.6) is 0 Å². The van der Waals surface area contributed by atoms with E-state index in [1.54, 1.807) is 0 Å². The maximum Gasteiger partial charge on any atom is 0.405 e. The van der Waals surface area contributed by atoms with Gasteiger partial charge in [0.25, 0.3) is 11.8 Å². The number of nitrogens with zero attached hydrogens (tertiary/aromatic N) is 1. The number of alkyl halides is 3. The summed E-state index contributed by atoms with van der Waals surface area (Å²) in [5.41, 5.74) is 10.2. The number of nitrogens with one attached hydrogen (secondary N) is 1. The molecule has 0 radical (unpaired) electrons. The molecule has 1 aromatic rings. The molecule has 1 aromatic heterocycles. The van der Waals surface area contributed by atoms with Gasteiger partial charge in [0.2, 0.25) is 0 Å². The van der Waals surface area contributed by atoms with Crippen molar-refractivity contribution in [1.82, 2.24) is 4.90 Å². The van der Waals surface area contributed by atoms with Crippen LogP contribution in [0.3, 0.4) is 0 Å². The first-order valence-electron chi connectivity index (χ1n) is 5.29. The topological polar surface area (TPSA) is 101 Å². The molecule has 0 unspecified atom stereocenters. The van der Waals surface area contributed by atoms with Crippen molar-refractivity contribution in [3.05, 3.63) is 10.4 Å². The van der Waals surface area contributed by atoms with Crippen molar-refractivity contribution in [1.29, 1.82) is 0 Å². The highest BCUT2D eigenvalue weighted by Gasteiger charge is 2.30. The van der Waals surface area contributed by atoms with Crippen molar-refractivity contribution in [2.24, 2.45) is 5.73 Å². The van der Waals surface area contributed by atoms with Gasteiger partial charge in [-0.05, 0) is 0 Å². The summed E-state index contributed by atoms with van der Waals surface area (Å²) in [6.45, 7) is -1.36. The number of hydrogen-bond acceptors (Lipinski definition) is 5. The van der Waals surface area contributed by atoms with Gasteiger partial charge >= 0.3 is 6.18 Å². The molecular formula is C10H13F3N4O2S. The van der Waals surface area contributed by atoms with Crippen LogP contribution in [0.25, 0.3) is 0 Å². The third-order valence-corrected chi connectivity index (χ3v) is 3.39. The van der Waals surface area contributed by atoms with Crippen molar-refractivity contribution in [2.75, 3.05) is 31.7 Å². The zero-order valence-corrected chi connectivity index (χ0v) is 11.5. The molecule has 112 valence electrons. The van der Waals surface area contributed by atoms with Gasteiger partial charge in [-0.3, -0.25) is 9.59 Å². The van der Waals surface area contributed by atoms with Gasteiger partial charge in [0.05, 0.1) is 11.3 Å². The van der Waals surface area contributed by atoms with Crippen LogP contribution in [-0.4, -0.2) is 43.5 Å². The number of halogens is 3. The number of carbonyl (C=O) groups is 2. The highest BCUT2D eigenvalue weighted by atomic mass is 32.1. The molecule has 0 fully saturated rings. The van der Waals surface area contributed by atoms with Crippen LogP contribution in [0.15, 0.2) is 0 Å². The first kappa shape index (κ1) is 16.1. The fraction of sp³-hybridized carbons (Fsp3) is 0.400. The summed E-state index contributed by atoms with van der Waals surface area (Å²) in [7, 11) is 2.91. The normalized spacial score (nSPS) is 11.2. The van der Waals surface area contributed by atoms with Gasteiger partial charge in [-0.1, -0.05) is 0 Å². The number of carbonyl (C=O) groups excluding carboxylic acids is 2. The van der Waals surface area contributed by atoms with E-state index in [2.05, 4.69) is 0 Å². The molecule has 2 amide bonds. The maximum atomic E-state index is 12.2. The lowest BCUT2D eigenvalue weighted by Gasteiger charge is -2.08. The smallest absolute Gasteiger partial charge is 0.397 e. The Morgan fingerprint density at radius 1 is 1.35 bits per heavy atom. The summed E-state index contributed by atoms with van der Waals surface area (Å²) in [5, 5.41) is 1.86. The lowest BCUT2D eigenvalue weighted by atomic mass is 10.2. The average molecular weight is 310 g/mol. The predicted octanol–water partition coefficient (Wildman–Crippen LogP) is 1.11. The minimum absolute atomic E-state index is 0.0338. The number of thiophene rings is 1. The van der Waals surface area contributed by atoms with E-state index in [0.29, 0.717) is 11.3 Å². The summed E-state index contributed by atoms with van der Waals surface area (Å²) in [6, 6.07) is 0. The minimum Gasteiger partial charge on any atom is -0.397 e. The Labute approximate surface area is 116 Å². The Morgan fingerprint density at radius 2 is 1.90 bits per heavy atom. The minimum atomic E-state index is -4.47. The lowest BCUT2D eigenvalue weighted by Crippen LogP contribution is -2.23. The summed E-state index contributed by atoms with van der Waals surface area (Å²) >= 11 is 0.663. The molecule has 0 aliphatic heterocycles. The molecule has 1 rings (SSSR count). The molecule has 0 aliphatic rings. The quantitative estimate of drug-likeness (QED) is 0.775. The van der Waals surface area contributed by atoms with E-state index in [0.717, 1.165) is 0 Å². The molecular weight excluding hydrogens is 297 g/mol. The van der Waals surface area contributed by atoms with E-state index in [9.17, 15) is 22.8 Å². The van der Waals surface area contributed by atoms with E-state index < -0.39 is 24.5 Å². The van der Waals surface area contributed by atoms with Crippen LogP contribution in [0, 0.1) is 0 Å². The highest BCUT2D eigenvalue weighted by molar-refractivity contribution is 7.19. The number of anilines is 2. The fourth-order valence-electron chi connectivity index (χ4n) is 1.36. The second-order valence-corrected chi connectivity index (χ2v) is 5.10. The van der Waals surface area contributed by atoms with Gasteiger partial charge in [-0.25, -0.2) is 0 Å². The van der Waals surface area contributed by atoms with E-state index in [-0.39, 0.29) is 21.1 Å². The third-order valence-electron chi connectivity index (χ3n) is 2.24. The van der Waals surface area contributed by atoms with Gasteiger partial charge in [0, 0.05) is 14.1 Å². The Balaban J connectivity index is 3.20. The second-order valence-electron chi connectivity index (χ2n) is 4.08. The number of hydrogen-bond donors (Lipinski definition) is 3. The Bertz CT molecular complexity index is 539. The van der Waals surface area contributed by atoms with Crippen LogP contribution >= 0.6 is 11.3 Å². The van der Waals surface area contributed by atoms with E-state index >= 15 is 0 Å². The van der Waals surface area contributed by atoms with Crippen molar-refractivity contribution < 1.29 is 22.8 Å². The van der Waals surface area contributed by atoms with Gasteiger partial charge in [-0.15, -0.1) is 11.3 Å². The Morgan fingerprint density at radius 3 is 2.30 bits per heavy atom. The zero-order chi connectivity index (χ0) is 15.7. The van der Waals surface area contributed by atoms with Crippen LogP contribution in [0.1, 0.15) is 20.0 Å². The van der Waals surface area contributed by atoms with Crippen LogP contribution < -0.4 is 16.8 Å². The molecule has 1 heterocycles. The van der Waals surface area contributed by atoms with Crippen LogP contribution in [0.2, 0.25) is 0 Å². The largest absolute Gasteiger partial charge is 0.405 e. The lowest BCUT2D eigenvalue weighted by molar-refractivity contribution is -0.115. The number of primary amides is 1. The first-order chi connectivity index (χ1) is 9.04. The van der Waals surface area contributed by atoms with Gasteiger partial charge in [-0.2, -0.15) is 13.2 Å². The van der Waals surface area contributed by atoms with Gasteiger partial charge < -0.3 is 21.7 Å². The van der Waals surface area contributed by atoms with Gasteiger partial charge in [0.15, 0.2) is 0 Å². The first-order valence-corrected chi connectivity index (χ1v) is 6.10. The fourth-order valence-corrected chi connectivity index (χ4v) is 2.50. The highest BCUT2D eigenvalue weighted by Crippen LogP contribution is 2.36. The van der Waals surface area contributed by atoms with E-state index in [1.807, 2.05) is 5.32 Å². The standard InChI is InChI=1S/C10H13F3N4O2S/c1-17(2)9(19)6-5(14)4(7(15)18)8(20-6)16-3-10(11,12)13/h16H,3,14H2,1-2H3,(H2,15,18). The molecule has 0 bridgehead atoms. The Hall–Kier alpha value is -1.97. The monoisotopic (exact) mass is 310 g/mol. The summed E-state index contributed by atoms with van der Waals surface area (Å²) in [5.74, 6) is -1.52. The molecule has 0 spiro atoms. The molecule has 0 aliphatic carbocycles. The molecule has 0 atom stereocenters. The molecule has 0 aromatic carbocycles. The van der Waals surface area contributed by atoms with E-state index in [1.165, 1.54) is 19.0 Å². The number of amides is 2. The Kier molecular flexibility index (Phi) is 4.48. The van der Waals surface area contributed by atoms with E-state index in [4.69, 9.17) is 11.5 Å². The number of nitrogen functional groups attached to an aromatic ring is 1. The van der Waals surface area contributed by atoms with Crippen LogP contribution in [0.4, 0.5) is 23.9 Å². The predicted molar refractivity (Wildman–Crippen MR) is 69.8 cm³/mol. The third kappa shape index (κ3) is 3.53. The molecule has 20 heavy (non-hydrogen) atoms. The zero-order valence-electron chi connectivity index (χ0n) is 10.7. The van der Waals surface area contributed by atoms with Crippen molar-refractivity contribution in [3.63, 3.8) is 0 Å². The van der Waals surface area contributed by atoms with Crippen molar-refractivity contribution in [3.8, 4) is 0 Å². The van der Waals surface area contributed by atoms with Gasteiger partial charge in [0.1, 0.15) is 16.4 Å². The summed E-state index contributed by atoms with van der Waals surface area (Å²) in [6.07, 6.45) is -4.47. The molecule has 0 saturated heterocycles. The summed E-state index contributed by atoms with van der Waals surface area (Å²) in [4.78, 5) is 24.2. The summed E-state index contributed by atoms with van der Waals surface area (Å²) < 4.78 is 36.6. The molecule has 10 heteroatoms. The second kappa shape index (κ2) is 5.57. The molecule has 5 N–H and O–H groups in total. The van der Waals surface area contributed by atoms with Crippen molar-refractivity contribution >= 4 is 33.8 Å².